The van der Waals surface area contributed by atoms with Gasteiger partial charge >= 0.3 is 0 Å². The minimum atomic E-state index is -0.0545. The Labute approximate surface area is 172 Å². The molecule has 3 rings (SSSR count). The van der Waals surface area contributed by atoms with E-state index in [4.69, 9.17) is 4.74 Å². The molecule has 0 atom stereocenters. The van der Waals surface area contributed by atoms with Crippen molar-refractivity contribution in [2.75, 3.05) is 25.5 Å². The summed E-state index contributed by atoms with van der Waals surface area (Å²) < 4.78 is 5.18. The van der Waals surface area contributed by atoms with Crippen LogP contribution in [0.4, 0.5) is 5.69 Å². The molecule has 150 valence electrons. The smallest absolute Gasteiger partial charge is 0.272 e. The van der Waals surface area contributed by atoms with Crippen molar-refractivity contribution in [1.82, 2.24) is 9.88 Å². The predicted octanol–water partition coefficient (Wildman–Crippen LogP) is 4.41. The zero-order valence-electron chi connectivity index (χ0n) is 17.0. The van der Waals surface area contributed by atoms with E-state index in [2.05, 4.69) is 22.4 Å². The molecule has 0 aliphatic rings. The average molecular weight is 389 g/mol. The van der Waals surface area contributed by atoms with Gasteiger partial charge in [-0.2, -0.15) is 0 Å². The van der Waals surface area contributed by atoms with Crippen LogP contribution >= 0.6 is 0 Å². The second-order valence-corrected chi connectivity index (χ2v) is 6.76. The zero-order chi connectivity index (χ0) is 20.5. The number of hydrogen-bond acceptors (Lipinski definition) is 4. The van der Waals surface area contributed by atoms with Crippen LogP contribution < -0.4 is 10.1 Å². The van der Waals surface area contributed by atoms with Gasteiger partial charge in [0.05, 0.1) is 19.0 Å². The van der Waals surface area contributed by atoms with Crippen LogP contribution in [0.15, 0.2) is 72.9 Å². The molecule has 1 heterocycles. The van der Waals surface area contributed by atoms with Crippen LogP contribution in [0.2, 0.25) is 0 Å². The molecule has 0 saturated carbocycles. The molecular weight excluding hydrogens is 362 g/mol. The van der Waals surface area contributed by atoms with E-state index in [1.54, 1.807) is 24.3 Å². The van der Waals surface area contributed by atoms with Crippen molar-refractivity contribution in [1.29, 1.82) is 0 Å². The minimum Gasteiger partial charge on any atom is -0.497 e. The Hall–Kier alpha value is -3.34. The summed E-state index contributed by atoms with van der Waals surface area (Å²) in [4.78, 5) is 18.9. The fraction of sp³-hybridized carbons (Fsp3) is 0.250. The zero-order valence-corrected chi connectivity index (χ0v) is 17.0. The summed E-state index contributed by atoms with van der Waals surface area (Å²) in [6.07, 6.45) is 2.61. The first-order valence-electron chi connectivity index (χ1n) is 9.85. The quantitative estimate of drug-likeness (QED) is 0.589. The first-order chi connectivity index (χ1) is 14.2. The number of carbonyl (C=O) groups excluding carboxylic acids is 1. The Bertz CT molecular complexity index is 894. The molecule has 0 fully saturated rings. The summed E-state index contributed by atoms with van der Waals surface area (Å²) in [6.45, 7) is 3.99. The van der Waals surface area contributed by atoms with E-state index in [1.807, 2.05) is 55.5 Å². The number of carbonyl (C=O) groups is 1. The number of methoxy groups -OCH3 is 1. The molecule has 1 amide bonds. The third kappa shape index (κ3) is 5.82. The van der Waals surface area contributed by atoms with E-state index in [0.29, 0.717) is 18.8 Å². The van der Waals surface area contributed by atoms with Crippen LogP contribution in [0, 0.1) is 0 Å². The van der Waals surface area contributed by atoms with E-state index < -0.39 is 0 Å². The summed E-state index contributed by atoms with van der Waals surface area (Å²) in [6, 6.07) is 21.7. The van der Waals surface area contributed by atoms with Gasteiger partial charge in [0.2, 0.25) is 0 Å². The highest BCUT2D eigenvalue weighted by Gasteiger charge is 2.15. The highest BCUT2D eigenvalue weighted by molar-refractivity contribution is 5.92. The van der Waals surface area contributed by atoms with E-state index in [1.165, 1.54) is 5.56 Å². The Balaban J connectivity index is 1.53. The number of hydrogen-bond donors (Lipinski definition) is 1. The van der Waals surface area contributed by atoms with Gasteiger partial charge in [-0.25, -0.2) is 4.98 Å². The molecule has 5 heteroatoms. The van der Waals surface area contributed by atoms with E-state index >= 15 is 0 Å². The van der Waals surface area contributed by atoms with Crippen LogP contribution in [-0.4, -0.2) is 36.0 Å². The van der Waals surface area contributed by atoms with Crippen molar-refractivity contribution in [2.24, 2.45) is 0 Å². The molecule has 0 aliphatic heterocycles. The molecule has 0 saturated heterocycles. The van der Waals surface area contributed by atoms with E-state index in [0.717, 1.165) is 30.0 Å². The topological polar surface area (TPSA) is 54.5 Å². The molecule has 1 aromatic heterocycles. The maximum Gasteiger partial charge on any atom is 0.272 e. The summed E-state index contributed by atoms with van der Waals surface area (Å²) in [5.41, 5.74) is 3.71. The molecule has 0 spiro atoms. The molecule has 3 aromatic rings. The van der Waals surface area contributed by atoms with Gasteiger partial charge in [0.15, 0.2) is 0 Å². The van der Waals surface area contributed by atoms with Gasteiger partial charge in [0, 0.05) is 19.6 Å². The number of anilines is 1. The third-order valence-corrected chi connectivity index (χ3v) is 4.77. The van der Waals surface area contributed by atoms with Crippen molar-refractivity contribution in [3.63, 3.8) is 0 Å². The van der Waals surface area contributed by atoms with Gasteiger partial charge < -0.3 is 15.0 Å². The lowest BCUT2D eigenvalue weighted by atomic mass is 10.1. The Kier molecular flexibility index (Phi) is 7.22. The number of nitrogens with one attached hydrogen (secondary N) is 1. The van der Waals surface area contributed by atoms with Crippen LogP contribution in [0.1, 0.15) is 28.5 Å². The second kappa shape index (κ2) is 10.3. The number of rotatable bonds is 9. The number of ether oxygens (including phenoxy) is 1. The highest BCUT2D eigenvalue weighted by atomic mass is 16.5. The molecule has 5 nitrogen and oxygen atoms in total. The minimum absolute atomic E-state index is 0.0545. The average Bonchev–Trinajstić information content (AvgIpc) is 2.78. The standard InChI is InChI=1S/C24H27N3O2/c1-3-27(18-20-7-5-4-6-8-20)24(28)23-14-11-21(17-26-23)25-16-15-19-9-12-22(29-2)13-10-19/h4-14,17,25H,3,15-16,18H2,1-2H3. The lowest BCUT2D eigenvalue weighted by Gasteiger charge is -2.20. The number of aromatic nitrogens is 1. The van der Waals surface area contributed by atoms with Crippen LogP contribution in [0.3, 0.4) is 0 Å². The second-order valence-electron chi connectivity index (χ2n) is 6.76. The summed E-state index contributed by atoms with van der Waals surface area (Å²) >= 11 is 0. The van der Waals surface area contributed by atoms with Crippen molar-refractivity contribution in [2.45, 2.75) is 19.9 Å². The normalized spacial score (nSPS) is 10.4. The van der Waals surface area contributed by atoms with Crippen LogP contribution in [-0.2, 0) is 13.0 Å². The van der Waals surface area contributed by atoms with Crippen LogP contribution in [0.5, 0.6) is 5.75 Å². The molecule has 29 heavy (non-hydrogen) atoms. The molecule has 0 bridgehead atoms. The van der Waals surface area contributed by atoms with Gasteiger partial charge in [-0.05, 0) is 48.7 Å². The van der Waals surface area contributed by atoms with Crippen molar-refractivity contribution >= 4 is 11.6 Å². The van der Waals surface area contributed by atoms with Gasteiger partial charge in [0.1, 0.15) is 11.4 Å². The van der Waals surface area contributed by atoms with Gasteiger partial charge in [0.25, 0.3) is 5.91 Å². The van der Waals surface area contributed by atoms with E-state index in [9.17, 15) is 4.79 Å². The summed E-state index contributed by atoms with van der Waals surface area (Å²) in [5.74, 6) is 0.806. The number of benzene rings is 2. The summed E-state index contributed by atoms with van der Waals surface area (Å²) in [5, 5.41) is 3.35. The van der Waals surface area contributed by atoms with Gasteiger partial charge in [-0.1, -0.05) is 42.5 Å². The Morgan fingerprint density at radius 1 is 1.00 bits per heavy atom. The Morgan fingerprint density at radius 2 is 1.76 bits per heavy atom. The predicted molar refractivity (Wildman–Crippen MR) is 116 cm³/mol. The van der Waals surface area contributed by atoms with Crippen molar-refractivity contribution in [3.05, 3.63) is 89.7 Å². The lowest BCUT2D eigenvalue weighted by molar-refractivity contribution is 0.0746. The largest absolute Gasteiger partial charge is 0.497 e. The molecular formula is C24H27N3O2. The summed E-state index contributed by atoms with van der Waals surface area (Å²) in [7, 11) is 1.67. The fourth-order valence-corrected chi connectivity index (χ4v) is 3.06. The molecule has 2 aromatic carbocycles. The number of nitrogens with zero attached hydrogens (tertiary/aromatic N) is 2. The number of amides is 1. The molecule has 0 unspecified atom stereocenters. The van der Waals surface area contributed by atoms with E-state index in [-0.39, 0.29) is 5.91 Å². The number of pyridine rings is 1. The molecule has 0 radical (unpaired) electrons. The molecule has 1 N–H and O–H groups in total. The Morgan fingerprint density at radius 3 is 2.38 bits per heavy atom. The SMILES string of the molecule is CCN(Cc1ccccc1)C(=O)c1ccc(NCCc2ccc(OC)cc2)cn1. The van der Waals surface area contributed by atoms with Gasteiger partial charge in [-0.3, -0.25) is 4.79 Å². The fourth-order valence-electron chi connectivity index (χ4n) is 3.06. The highest BCUT2D eigenvalue weighted by Crippen LogP contribution is 2.13. The third-order valence-electron chi connectivity index (χ3n) is 4.77. The first kappa shape index (κ1) is 20.4. The molecule has 0 aliphatic carbocycles. The maximum atomic E-state index is 12.8. The van der Waals surface area contributed by atoms with Gasteiger partial charge in [-0.15, -0.1) is 0 Å². The van der Waals surface area contributed by atoms with Crippen molar-refractivity contribution in [3.8, 4) is 5.75 Å². The van der Waals surface area contributed by atoms with Crippen LogP contribution in [0.25, 0.3) is 0 Å². The first-order valence-corrected chi connectivity index (χ1v) is 9.85. The lowest BCUT2D eigenvalue weighted by Crippen LogP contribution is -2.30. The van der Waals surface area contributed by atoms with Crippen molar-refractivity contribution < 1.29 is 9.53 Å². The maximum absolute atomic E-state index is 12.8. The monoisotopic (exact) mass is 389 g/mol.